The maximum absolute atomic E-state index is 12.5. The first-order valence-electron chi connectivity index (χ1n) is 7.21. The van der Waals surface area contributed by atoms with E-state index in [1.807, 2.05) is 24.3 Å². The molecule has 0 fully saturated rings. The molecule has 4 nitrogen and oxygen atoms in total. The first kappa shape index (κ1) is 17.0. The van der Waals surface area contributed by atoms with Gasteiger partial charge in [0.1, 0.15) is 5.75 Å². The molecular weight excluding hydrogens is 350 g/mol. The summed E-state index contributed by atoms with van der Waals surface area (Å²) in [5.41, 5.74) is 0.0566. The van der Waals surface area contributed by atoms with Gasteiger partial charge in [-0.05, 0) is 35.7 Å². The zero-order valence-electron chi connectivity index (χ0n) is 12.7. The molecule has 0 aliphatic carbocycles. The van der Waals surface area contributed by atoms with E-state index >= 15 is 0 Å². The number of fused-ring (bicyclic) bond motifs is 1. The Labute approximate surface area is 142 Å². The first-order valence-corrected chi connectivity index (χ1v) is 8.76. The van der Waals surface area contributed by atoms with Crippen molar-refractivity contribution in [2.24, 2.45) is 0 Å². The van der Waals surface area contributed by atoms with Crippen LogP contribution in [0.3, 0.4) is 0 Å². The molecule has 0 unspecified atom stereocenters. The number of alkyl halides is 2. The number of sulfone groups is 1. The molecule has 0 aliphatic heterocycles. The maximum atomic E-state index is 12.5. The van der Waals surface area contributed by atoms with Gasteiger partial charge in [-0.25, -0.2) is 13.2 Å². The topological polar surface area (TPSA) is 60.4 Å². The van der Waals surface area contributed by atoms with Crippen molar-refractivity contribution in [3.8, 4) is 5.75 Å². The normalized spacial score (nSPS) is 11.6. The fraction of sp³-hybridized carbons (Fsp3) is 0.0556. The number of benzene rings is 3. The molecule has 0 aromatic heterocycles. The molecule has 128 valence electrons. The average molecular weight is 362 g/mol. The summed E-state index contributed by atoms with van der Waals surface area (Å²) < 4.78 is 53.1. The molecule has 0 N–H and O–H groups in total. The second-order valence-electron chi connectivity index (χ2n) is 5.20. The molecule has 7 heteroatoms. The number of hydrogen-bond acceptors (Lipinski definition) is 4. The molecule has 25 heavy (non-hydrogen) atoms. The van der Waals surface area contributed by atoms with Crippen molar-refractivity contribution >= 4 is 26.6 Å². The zero-order chi connectivity index (χ0) is 18.0. The lowest BCUT2D eigenvalue weighted by Gasteiger charge is -2.08. The minimum absolute atomic E-state index is 0.0566. The quantitative estimate of drug-likeness (QED) is 0.519. The van der Waals surface area contributed by atoms with Crippen molar-refractivity contribution in [3.63, 3.8) is 0 Å². The van der Waals surface area contributed by atoms with E-state index in [0.29, 0.717) is 5.75 Å². The Hall–Kier alpha value is -2.80. The molecule has 0 saturated heterocycles. The van der Waals surface area contributed by atoms with Crippen molar-refractivity contribution in [1.82, 2.24) is 0 Å². The fourth-order valence-electron chi connectivity index (χ4n) is 2.33. The second kappa shape index (κ2) is 6.60. The monoisotopic (exact) mass is 362 g/mol. The Morgan fingerprint density at radius 3 is 2.20 bits per heavy atom. The van der Waals surface area contributed by atoms with E-state index in [9.17, 15) is 22.0 Å². The van der Waals surface area contributed by atoms with Gasteiger partial charge in [0, 0.05) is 5.39 Å². The van der Waals surface area contributed by atoms with Crippen molar-refractivity contribution in [3.05, 3.63) is 72.3 Å². The van der Waals surface area contributed by atoms with E-state index in [4.69, 9.17) is 4.74 Å². The van der Waals surface area contributed by atoms with Gasteiger partial charge in [0.25, 0.3) is 0 Å². The van der Waals surface area contributed by atoms with Gasteiger partial charge < -0.3 is 4.74 Å². The zero-order valence-corrected chi connectivity index (χ0v) is 13.5. The van der Waals surface area contributed by atoms with Crippen LogP contribution in [0.25, 0.3) is 10.8 Å². The van der Waals surface area contributed by atoms with Crippen molar-refractivity contribution in [1.29, 1.82) is 0 Å². The van der Waals surface area contributed by atoms with Crippen molar-refractivity contribution < 1.29 is 26.7 Å². The van der Waals surface area contributed by atoms with Gasteiger partial charge in [0.05, 0.1) is 10.5 Å². The van der Waals surface area contributed by atoms with Crippen LogP contribution in [0.1, 0.15) is 10.4 Å². The van der Waals surface area contributed by atoms with Crippen molar-refractivity contribution in [2.75, 3.05) is 0 Å². The Bertz CT molecular complexity index is 1020. The summed E-state index contributed by atoms with van der Waals surface area (Å²) in [6.45, 7) is 0. The molecule has 3 aromatic carbocycles. The van der Waals surface area contributed by atoms with Crippen LogP contribution in [0, 0.1) is 0 Å². The van der Waals surface area contributed by atoms with E-state index in [2.05, 4.69) is 0 Å². The standard InChI is InChI=1S/C18H12F2O4S/c19-18(20)25(22,23)14-10-8-13(9-11-14)17(21)24-16-7-3-5-12-4-1-2-6-15(12)16/h1-11,18H. The molecular formula is C18H12F2O4S. The lowest BCUT2D eigenvalue weighted by molar-refractivity contribution is 0.0737. The summed E-state index contributed by atoms with van der Waals surface area (Å²) in [7, 11) is -4.69. The number of hydrogen-bond donors (Lipinski definition) is 0. The number of carbonyl (C=O) groups is 1. The van der Waals surface area contributed by atoms with Crippen LogP contribution in [0.15, 0.2) is 71.6 Å². The van der Waals surface area contributed by atoms with Crippen LogP contribution in [-0.4, -0.2) is 20.1 Å². The minimum Gasteiger partial charge on any atom is -0.422 e. The Morgan fingerprint density at radius 2 is 1.52 bits per heavy atom. The predicted octanol–water partition coefficient (Wildman–Crippen LogP) is 4.06. The lowest BCUT2D eigenvalue weighted by Crippen LogP contribution is -2.12. The highest BCUT2D eigenvalue weighted by atomic mass is 32.2. The maximum Gasteiger partial charge on any atom is 0.343 e. The molecule has 0 heterocycles. The molecule has 0 radical (unpaired) electrons. The molecule has 0 aliphatic rings. The minimum atomic E-state index is -4.69. The van der Waals surface area contributed by atoms with Crippen LogP contribution in [0.2, 0.25) is 0 Å². The van der Waals surface area contributed by atoms with Gasteiger partial charge in [0.15, 0.2) is 0 Å². The Balaban J connectivity index is 1.87. The predicted molar refractivity (Wildman–Crippen MR) is 88.5 cm³/mol. The third kappa shape index (κ3) is 3.36. The molecule has 0 spiro atoms. The number of ether oxygens (including phenoxy) is 1. The van der Waals surface area contributed by atoms with Gasteiger partial charge in [-0.2, -0.15) is 8.78 Å². The Morgan fingerprint density at radius 1 is 0.880 bits per heavy atom. The van der Waals surface area contributed by atoms with Crippen LogP contribution in [0.4, 0.5) is 8.78 Å². The highest BCUT2D eigenvalue weighted by Crippen LogP contribution is 2.26. The second-order valence-corrected chi connectivity index (χ2v) is 7.11. The molecule has 0 saturated carbocycles. The number of esters is 1. The van der Waals surface area contributed by atoms with Crippen molar-refractivity contribution in [2.45, 2.75) is 10.7 Å². The summed E-state index contributed by atoms with van der Waals surface area (Å²) in [5.74, 6) is -3.87. The van der Waals surface area contributed by atoms with E-state index < -0.39 is 26.5 Å². The lowest BCUT2D eigenvalue weighted by atomic mass is 10.1. The van der Waals surface area contributed by atoms with Crippen LogP contribution in [0.5, 0.6) is 5.75 Å². The van der Waals surface area contributed by atoms with E-state index in [-0.39, 0.29) is 5.56 Å². The largest absolute Gasteiger partial charge is 0.422 e. The molecule has 0 bridgehead atoms. The van der Waals surface area contributed by atoms with E-state index in [1.54, 1.807) is 18.2 Å². The smallest absolute Gasteiger partial charge is 0.343 e. The third-order valence-electron chi connectivity index (χ3n) is 3.61. The highest BCUT2D eigenvalue weighted by Gasteiger charge is 2.26. The summed E-state index contributed by atoms with van der Waals surface area (Å²) in [4.78, 5) is 11.7. The fourth-order valence-corrected chi connectivity index (χ4v) is 3.05. The van der Waals surface area contributed by atoms with Crippen LogP contribution >= 0.6 is 0 Å². The number of carbonyl (C=O) groups excluding carboxylic acids is 1. The molecule has 3 rings (SSSR count). The highest BCUT2D eigenvalue weighted by molar-refractivity contribution is 7.91. The van der Waals surface area contributed by atoms with Gasteiger partial charge in [0.2, 0.25) is 9.84 Å². The summed E-state index contributed by atoms with van der Waals surface area (Å²) in [5, 5.41) is 1.64. The first-order chi connectivity index (χ1) is 11.9. The summed E-state index contributed by atoms with van der Waals surface area (Å²) in [6.07, 6.45) is 0. The van der Waals surface area contributed by atoms with Gasteiger partial charge in [-0.1, -0.05) is 36.4 Å². The van der Waals surface area contributed by atoms with Crippen LogP contribution in [-0.2, 0) is 9.84 Å². The molecule has 3 aromatic rings. The Kier molecular flexibility index (Phi) is 4.50. The number of halogens is 2. The number of rotatable bonds is 4. The molecule has 0 amide bonds. The van der Waals surface area contributed by atoms with Gasteiger partial charge >= 0.3 is 11.7 Å². The van der Waals surface area contributed by atoms with Gasteiger partial charge in [-0.3, -0.25) is 0 Å². The van der Waals surface area contributed by atoms with E-state index in [0.717, 1.165) is 35.0 Å². The summed E-state index contributed by atoms with van der Waals surface area (Å²) in [6, 6.07) is 16.8. The summed E-state index contributed by atoms with van der Waals surface area (Å²) >= 11 is 0. The molecule has 0 atom stereocenters. The van der Waals surface area contributed by atoms with Crippen LogP contribution < -0.4 is 4.74 Å². The van der Waals surface area contributed by atoms with E-state index in [1.165, 1.54) is 0 Å². The SMILES string of the molecule is O=C(Oc1cccc2ccccc12)c1ccc(S(=O)(=O)C(F)F)cc1. The third-order valence-corrected chi connectivity index (χ3v) is 5.00. The van der Waals surface area contributed by atoms with Gasteiger partial charge in [-0.15, -0.1) is 0 Å². The average Bonchev–Trinajstić information content (AvgIpc) is 2.62.